The van der Waals surface area contributed by atoms with Crippen molar-refractivity contribution in [1.82, 2.24) is 5.32 Å². The SMILES string of the molecule is O=C(CNc1ccccc1OCCCc1ccccc1)NCCc1ccccc1. The Bertz CT molecular complexity index is 866. The second-order valence-corrected chi connectivity index (χ2v) is 6.87. The molecular weight excluding hydrogens is 360 g/mol. The molecule has 0 fully saturated rings. The van der Waals surface area contributed by atoms with E-state index in [0.29, 0.717) is 13.2 Å². The van der Waals surface area contributed by atoms with Crippen molar-refractivity contribution in [1.29, 1.82) is 0 Å². The maximum Gasteiger partial charge on any atom is 0.239 e. The molecule has 3 rings (SSSR count). The van der Waals surface area contributed by atoms with Crippen molar-refractivity contribution in [3.8, 4) is 5.75 Å². The van der Waals surface area contributed by atoms with E-state index in [9.17, 15) is 4.79 Å². The number of amides is 1. The van der Waals surface area contributed by atoms with Crippen LogP contribution in [0.4, 0.5) is 5.69 Å². The van der Waals surface area contributed by atoms with Crippen LogP contribution in [-0.2, 0) is 17.6 Å². The fraction of sp³-hybridized carbons (Fsp3) is 0.240. The van der Waals surface area contributed by atoms with Crippen molar-refractivity contribution < 1.29 is 9.53 Å². The van der Waals surface area contributed by atoms with E-state index >= 15 is 0 Å². The van der Waals surface area contributed by atoms with Gasteiger partial charge in [-0.2, -0.15) is 0 Å². The van der Waals surface area contributed by atoms with Crippen LogP contribution in [0.3, 0.4) is 0 Å². The molecule has 0 aromatic heterocycles. The Morgan fingerprint density at radius 1 is 0.759 bits per heavy atom. The first kappa shape index (κ1) is 20.5. The number of carbonyl (C=O) groups is 1. The summed E-state index contributed by atoms with van der Waals surface area (Å²) in [5, 5.41) is 6.13. The molecule has 150 valence electrons. The minimum Gasteiger partial charge on any atom is -0.491 e. The van der Waals surface area contributed by atoms with Crippen LogP contribution in [0.25, 0.3) is 0 Å². The summed E-state index contributed by atoms with van der Waals surface area (Å²) in [6.45, 7) is 1.48. The molecule has 1 amide bonds. The van der Waals surface area contributed by atoms with Gasteiger partial charge in [0.15, 0.2) is 0 Å². The van der Waals surface area contributed by atoms with Crippen LogP contribution in [0.5, 0.6) is 5.75 Å². The minimum absolute atomic E-state index is 0.0280. The molecule has 0 unspecified atom stereocenters. The normalized spacial score (nSPS) is 10.3. The van der Waals surface area contributed by atoms with Gasteiger partial charge in [-0.15, -0.1) is 0 Å². The fourth-order valence-corrected chi connectivity index (χ4v) is 3.07. The zero-order valence-corrected chi connectivity index (χ0v) is 16.6. The predicted molar refractivity (Wildman–Crippen MR) is 118 cm³/mol. The number of anilines is 1. The van der Waals surface area contributed by atoms with E-state index in [0.717, 1.165) is 30.7 Å². The summed E-state index contributed by atoms with van der Waals surface area (Å²) in [6, 6.07) is 28.3. The first-order valence-corrected chi connectivity index (χ1v) is 10.1. The van der Waals surface area contributed by atoms with E-state index < -0.39 is 0 Å². The predicted octanol–water partition coefficient (Wildman–Crippen LogP) is 4.47. The molecule has 29 heavy (non-hydrogen) atoms. The van der Waals surface area contributed by atoms with Crippen LogP contribution in [0, 0.1) is 0 Å². The zero-order chi connectivity index (χ0) is 20.2. The maximum atomic E-state index is 12.1. The highest BCUT2D eigenvalue weighted by Crippen LogP contribution is 2.23. The van der Waals surface area contributed by atoms with Gasteiger partial charge in [0.05, 0.1) is 18.8 Å². The highest BCUT2D eigenvalue weighted by atomic mass is 16.5. The number of aryl methyl sites for hydroxylation is 1. The smallest absolute Gasteiger partial charge is 0.239 e. The summed E-state index contributed by atoms with van der Waals surface area (Å²) in [6.07, 6.45) is 2.76. The zero-order valence-electron chi connectivity index (χ0n) is 16.6. The Kier molecular flexibility index (Phi) is 8.15. The first-order chi connectivity index (χ1) is 14.3. The monoisotopic (exact) mass is 388 g/mol. The first-order valence-electron chi connectivity index (χ1n) is 10.1. The lowest BCUT2D eigenvalue weighted by Gasteiger charge is -2.13. The van der Waals surface area contributed by atoms with Gasteiger partial charge in [-0.05, 0) is 42.5 Å². The van der Waals surface area contributed by atoms with Crippen molar-refractivity contribution >= 4 is 11.6 Å². The maximum absolute atomic E-state index is 12.1. The molecule has 4 nitrogen and oxygen atoms in total. The summed E-state index contributed by atoms with van der Waals surface area (Å²) in [4.78, 5) is 12.1. The van der Waals surface area contributed by atoms with Gasteiger partial charge >= 0.3 is 0 Å². The molecule has 2 N–H and O–H groups in total. The summed E-state index contributed by atoms with van der Waals surface area (Å²) < 4.78 is 5.94. The van der Waals surface area contributed by atoms with Crippen molar-refractivity contribution in [3.05, 3.63) is 96.1 Å². The Balaban J connectivity index is 1.38. The van der Waals surface area contributed by atoms with E-state index in [1.807, 2.05) is 48.5 Å². The molecule has 0 atom stereocenters. The Morgan fingerprint density at radius 3 is 2.10 bits per heavy atom. The number of hydrogen-bond acceptors (Lipinski definition) is 3. The van der Waals surface area contributed by atoms with E-state index in [-0.39, 0.29) is 12.5 Å². The van der Waals surface area contributed by atoms with Gasteiger partial charge in [0.2, 0.25) is 5.91 Å². The Morgan fingerprint density at radius 2 is 1.38 bits per heavy atom. The number of hydrogen-bond donors (Lipinski definition) is 2. The third kappa shape index (κ3) is 7.34. The van der Waals surface area contributed by atoms with E-state index in [4.69, 9.17) is 4.74 Å². The molecule has 0 radical (unpaired) electrons. The number of benzene rings is 3. The van der Waals surface area contributed by atoms with Crippen LogP contribution in [0.2, 0.25) is 0 Å². The fourth-order valence-electron chi connectivity index (χ4n) is 3.07. The summed E-state index contributed by atoms with van der Waals surface area (Å²) in [5.41, 5.74) is 3.37. The van der Waals surface area contributed by atoms with Gasteiger partial charge in [-0.25, -0.2) is 0 Å². The average Bonchev–Trinajstić information content (AvgIpc) is 2.77. The molecule has 3 aromatic carbocycles. The summed E-state index contributed by atoms with van der Waals surface area (Å²) >= 11 is 0. The molecule has 4 heteroatoms. The third-order valence-electron chi connectivity index (χ3n) is 4.62. The number of rotatable bonds is 11. The van der Waals surface area contributed by atoms with Crippen molar-refractivity contribution in [3.63, 3.8) is 0 Å². The van der Waals surface area contributed by atoms with Gasteiger partial charge < -0.3 is 15.4 Å². The van der Waals surface area contributed by atoms with E-state index in [1.54, 1.807) is 0 Å². The molecule has 0 spiro atoms. The molecule has 0 heterocycles. The van der Waals surface area contributed by atoms with Crippen molar-refractivity contribution in [2.24, 2.45) is 0 Å². The highest BCUT2D eigenvalue weighted by Gasteiger charge is 2.06. The molecule has 0 saturated heterocycles. The van der Waals surface area contributed by atoms with E-state index in [2.05, 4.69) is 47.0 Å². The molecule has 0 saturated carbocycles. The molecule has 0 aliphatic carbocycles. The topological polar surface area (TPSA) is 50.4 Å². The third-order valence-corrected chi connectivity index (χ3v) is 4.62. The number of para-hydroxylation sites is 2. The molecule has 0 aliphatic heterocycles. The minimum atomic E-state index is -0.0280. The lowest BCUT2D eigenvalue weighted by molar-refractivity contribution is -0.119. The summed E-state index contributed by atoms with van der Waals surface area (Å²) in [5.74, 6) is 0.748. The van der Waals surface area contributed by atoms with Gasteiger partial charge in [-0.1, -0.05) is 72.8 Å². The Labute approximate surface area is 172 Å². The van der Waals surface area contributed by atoms with Gasteiger partial charge in [0, 0.05) is 6.54 Å². The van der Waals surface area contributed by atoms with Crippen LogP contribution >= 0.6 is 0 Å². The lowest BCUT2D eigenvalue weighted by Crippen LogP contribution is -2.31. The molecular formula is C25H28N2O2. The van der Waals surface area contributed by atoms with Crippen molar-refractivity contribution in [2.75, 3.05) is 25.0 Å². The molecule has 0 bridgehead atoms. The van der Waals surface area contributed by atoms with Gasteiger partial charge in [-0.3, -0.25) is 4.79 Å². The van der Waals surface area contributed by atoms with Crippen LogP contribution in [-0.4, -0.2) is 25.6 Å². The lowest BCUT2D eigenvalue weighted by atomic mass is 10.1. The summed E-state index contributed by atoms with van der Waals surface area (Å²) in [7, 11) is 0. The average molecular weight is 389 g/mol. The van der Waals surface area contributed by atoms with Crippen LogP contribution in [0.1, 0.15) is 17.5 Å². The van der Waals surface area contributed by atoms with Gasteiger partial charge in [0.25, 0.3) is 0 Å². The quantitative estimate of drug-likeness (QED) is 0.477. The highest BCUT2D eigenvalue weighted by molar-refractivity contribution is 5.81. The van der Waals surface area contributed by atoms with Crippen molar-refractivity contribution in [2.45, 2.75) is 19.3 Å². The Hall–Kier alpha value is -3.27. The number of nitrogens with one attached hydrogen (secondary N) is 2. The van der Waals surface area contributed by atoms with Crippen LogP contribution in [0.15, 0.2) is 84.9 Å². The van der Waals surface area contributed by atoms with Gasteiger partial charge in [0.1, 0.15) is 5.75 Å². The van der Waals surface area contributed by atoms with E-state index in [1.165, 1.54) is 11.1 Å². The largest absolute Gasteiger partial charge is 0.491 e. The van der Waals surface area contributed by atoms with Crippen LogP contribution < -0.4 is 15.4 Å². The number of carbonyl (C=O) groups excluding carboxylic acids is 1. The second-order valence-electron chi connectivity index (χ2n) is 6.87. The molecule has 0 aliphatic rings. The number of ether oxygens (including phenoxy) is 1. The standard InChI is InChI=1S/C25H28N2O2/c28-25(26-18-17-22-12-5-2-6-13-22)20-27-23-15-7-8-16-24(23)29-19-9-14-21-10-3-1-4-11-21/h1-8,10-13,15-16,27H,9,14,17-20H2,(H,26,28). The molecule has 3 aromatic rings. The second kappa shape index (κ2) is 11.5.